The first-order chi connectivity index (χ1) is 13.7. The molecule has 4 rings (SSSR count). The van der Waals surface area contributed by atoms with Gasteiger partial charge in [-0.05, 0) is 44.5 Å². The molecule has 7 heteroatoms. The summed E-state index contributed by atoms with van der Waals surface area (Å²) in [5.41, 5.74) is 7.30. The van der Waals surface area contributed by atoms with Crippen LogP contribution in [0.1, 0.15) is 19.3 Å². The Morgan fingerprint density at radius 3 is 2.75 bits per heavy atom. The Labute approximate surface area is 165 Å². The number of hydrogen-bond acceptors (Lipinski definition) is 6. The number of nitrogens with two attached hydrogens (primary N) is 1. The fourth-order valence-corrected chi connectivity index (χ4v) is 4.02. The smallest absolute Gasteiger partial charge is 0.224 e. The number of likely N-dealkylation sites (tertiary alicyclic amines) is 1. The molecule has 3 heterocycles. The molecule has 2 aliphatic rings. The Morgan fingerprint density at radius 1 is 1.25 bits per heavy atom. The van der Waals surface area contributed by atoms with Gasteiger partial charge in [0.15, 0.2) is 11.5 Å². The highest BCUT2D eigenvalue weighted by Crippen LogP contribution is 2.37. The molecule has 0 atom stereocenters. The zero-order valence-corrected chi connectivity index (χ0v) is 16.4. The fourth-order valence-electron chi connectivity index (χ4n) is 4.02. The topological polar surface area (TPSA) is 80.9 Å². The Balaban J connectivity index is 1.47. The molecule has 2 fully saturated rings. The van der Waals surface area contributed by atoms with Crippen molar-refractivity contribution >= 4 is 22.5 Å². The van der Waals surface area contributed by atoms with E-state index in [0.29, 0.717) is 25.4 Å². The summed E-state index contributed by atoms with van der Waals surface area (Å²) < 4.78 is 11.6. The molecule has 0 saturated carbocycles. The molecule has 2 saturated heterocycles. The van der Waals surface area contributed by atoms with Crippen LogP contribution in [0.4, 0.5) is 5.69 Å². The lowest BCUT2D eigenvalue weighted by Crippen LogP contribution is -2.52. The summed E-state index contributed by atoms with van der Waals surface area (Å²) >= 11 is 0. The average molecular weight is 384 g/mol. The van der Waals surface area contributed by atoms with Crippen LogP contribution in [0.25, 0.3) is 10.9 Å². The maximum atomic E-state index is 11.3. The molecule has 2 aromatic rings. The Hall–Kier alpha value is -2.54. The number of ether oxygens (including phenoxy) is 2. The lowest BCUT2D eigenvalue weighted by molar-refractivity contribution is -0.122. The molecular weight excluding hydrogens is 356 g/mol. The average Bonchev–Trinajstić information content (AvgIpc) is 3.16. The van der Waals surface area contributed by atoms with E-state index >= 15 is 0 Å². The Kier molecular flexibility index (Phi) is 5.52. The van der Waals surface area contributed by atoms with Gasteiger partial charge in [0.2, 0.25) is 5.91 Å². The second-order valence-electron chi connectivity index (χ2n) is 7.61. The van der Waals surface area contributed by atoms with Gasteiger partial charge in [0.05, 0.1) is 25.2 Å². The minimum Gasteiger partial charge on any atom is -0.493 e. The van der Waals surface area contributed by atoms with Gasteiger partial charge in [0.1, 0.15) is 0 Å². The van der Waals surface area contributed by atoms with Gasteiger partial charge in [-0.15, -0.1) is 0 Å². The van der Waals surface area contributed by atoms with Crippen molar-refractivity contribution in [3.63, 3.8) is 0 Å². The van der Waals surface area contributed by atoms with Crippen LogP contribution >= 0.6 is 0 Å². The van der Waals surface area contributed by atoms with Gasteiger partial charge in [-0.1, -0.05) is 0 Å². The van der Waals surface area contributed by atoms with Crippen molar-refractivity contribution in [2.75, 3.05) is 51.3 Å². The first-order valence-electron chi connectivity index (χ1n) is 10.0. The molecule has 28 heavy (non-hydrogen) atoms. The lowest BCUT2D eigenvalue weighted by Gasteiger charge is -2.39. The molecule has 1 amide bonds. The number of methoxy groups -OCH3 is 1. The van der Waals surface area contributed by atoms with Crippen molar-refractivity contribution in [1.82, 2.24) is 9.88 Å². The van der Waals surface area contributed by atoms with Crippen molar-refractivity contribution in [3.05, 3.63) is 24.4 Å². The summed E-state index contributed by atoms with van der Waals surface area (Å²) in [5.74, 6) is 1.11. The minimum absolute atomic E-state index is 0.0803. The minimum atomic E-state index is -0.239. The normalized spacial score (nSPS) is 17.7. The highest BCUT2D eigenvalue weighted by Gasteiger charge is 2.32. The van der Waals surface area contributed by atoms with Crippen LogP contribution in [0.5, 0.6) is 11.5 Å². The van der Waals surface area contributed by atoms with Gasteiger partial charge in [-0.25, -0.2) is 0 Å². The van der Waals surface area contributed by atoms with E-state index in [1.807, 2.05) is 18.2 Å². The standard InChI is InChI=1S/C21H28N4O3/c1-27-19-11-16-17(12-20(19)28-10-4-9-24-7-2-3-8-24)23-6-5-18(16)25-13-15(14-25)21(22)26/h5-6,11-12,15H,2-4,7-10,13-14H2,1H3,(H2,22,26). The predicted molar refractivity (Wildman–Crippen MR) is 109 cm³/mol. The summed E-state index contributed by atoms with van der Waals surface area (Å²) in [7, 11) is 1.65. The van der Waals surface area contributed by atoms with Crippen LogP contribution in [-0.2, 0) is 4.79 Å². The maximum Gasteiger partial charge on any atom is 0.224 e. The quantitative estimate of drug-likeness (QED) is 0.702. The zero-order chi connectivity index (χ0) is 19.5. The SMILES string of the molecule is COc1cc2c(N3CC(C(N)=O)C3)ccnc2cc1OCCCN1CCCC1. The van der Waals surface area contributed by atoms with Crippen LogP contribution in [0.2, 0.25) is 0 Å². The highest BCUT2D eigenvalue weighted by atomic mass is 16.5. The van der Waals surface area contributed by atoms with Gasteiger partial charge in [-0.3, -0.25) is 9.78 Å². The number of carbonyl (C=O) groups is 1. The molecule has 7 nitrogen and oxygen atoms in total. The number of aromatic nitrogens is 1. The van der Waals surface area contributed by atoms with Crippen molar-refractivity contribution in [2.24, 2.45) is 11.7 Å². The lowest BCUT2D eigenvalue weighted by atomic mass is 9.97. The number of benzene rings is 1. The number of hydrogen-bond donors (Lipinski definition) is 1. The first-order valence-corrected chi connectivity index (χ1v) is 10.0. The monoisotopic (exact) mass is 384 g/mol. The van der Waals surface area contributed by atoms with Gasteiger partial charge in [-0.2, -0.15) is 0 Å². The molecule has 2 aliphatic heterocycles. The summed E-state index contributed by atoms with van der Waals surface area (Å²) in [6.07, 6.45) is 5.41. The summed E-state index contributed by atoms with van der Waals surface area (Å²) in [5, 5.41) is 0.992. The molecule has 1 aromatic carbocycles. The number of nitrogens with zero attached hydrogens (tertiary/aromatic N) is 3. The van der Waals surface area contributed by atoms with Crippen LogP contribution in [0.3, 0.4) is 0 Å². The third-order valence-electron chi connectivity index (χ3n) is 5.70. The zero-order valence-electron chi connectivity index (χ0n) is 16.4. The Bertz CT molecular complexity index is 845. The molecule has 0 spiro atoms. The first kappa shape index (κ1) is 18.8. The van der Waals surface area contributed by atoms with Crippen LogP contribution in [0.15, 0.2) is 24.4 Å². The van der Waals surface area contributed by atoms with Gasteiger partial charge in [0, 0.05) is 43.0 Å². The number of pyridine rings is 1. The van der Waals surface area contributed by atoms with Crippen LogP contribution < -0.4 is 20.1 Å². The van der Waals surface area contributed by atoms with Gasteiger partial charge in [0.25, 0.3) is 0 Å². The highest BCUT2D eigenvalue weighted by molar-refractivity contribution is 5.95. The Morgan fingerprint density at radius 2 is 2.04 bits per heavy atom. The molecular formula is C21H28N4O3. The van der Waals surface area contributed by atoms with Crippen LogP contribution in [-0.4, -0.2) is 62.2 Å². The van der Waals surface area contributed by atoms with Crippen molar-refractivity contribution < 1.29 is 14.3 Å². The number of fused-ring (bicyclic) bond motifs is 1. The molecule has 0 aliphatic carbocycles. The third-order valence-corrected chi connectivity index (χ3v) is 5.70. The van der Waals surface area contributed by atoms with E-state index in [1.165, 1.54) is 25.9 Å². The van der Waals surface area contributed by atoms with E-state index in [0.717, 1.165) is 35.3 Å². The molecule has 0 bridgehead atoms. The predicted octanol–water partition coefficient (Wildman–Crippen LogP) is 2.03. The van der Waals surface area contributed by atoms with Crippen molar-refractivity contribution in [1.29, 1.82) is 0 Å². The summed E-state index contributed by atoms with van der Waals surface area (Å²) in [6.45, 7) is 5.44. The largest absolute Gasteiger partial charge is 0.493 e. The number of primary amides is 1. The van der Waals surface area contributed by atoms with E-state index in [9.17, 15) is 4.79 Å². The molecule has 150 valence electrons. The van der Waals surface area contributed by atoms with Gasteiger partial charge >= 0.3 is 0 Å². The summed E-state index contributed by atoms with van der Waals surface area (Å²) in [4.78, 5) is 20.5. The maximum absolute atomic E-state index is 11.3. The van der Waals surface area contributed by atoms with Crippen molar-refractivity contribution in [3.8, 4) is 11.5 Å². The van der Waals surface area contributed by atoms with E-state index in [-0.39, 0.29) is 11.8 Å². The van der Waals surface area contributed by atoms with E-state index in [1.54, 1.807) is 13.3 Å². The fraction of sp³-hybridized carbons (Fsp3) is 0.524. The molecule has 0 radical (unpaired) electrons. The van der Waals surface area contributed by atoms with E-state index < -0.39 is 0 Å². The second-order valence-corrected chi connectivity index (χ2v) is 7.61. The molecule has 2 N–H and O–H groups in total. The molecule has 0 unspecified atom stereocenters. The third kappa shape index (κ3) is 3.85. The number of amides is 1. The van der Waals surface area contributed by atoms with Gasteiger partial charge < -0.3 is 25.0 Å². The van der Waals surface area contributed by atoms with Crippen LogP contribution in [0, 0.1) is 5.92 Å². The van der Waals surface area contributed by atoms with E-state index in [2.05, 4.69) is 14.8 Å². The van der Waals surface area contributed by atoms with Crippen molar-refractivity contribution in [2.45, 2.75) is 19.3 Å². The van der Waals surface area contributed by atoms with E-state index in [4.69, 9.17) is 15.2 Å². The summed E-state index contributed by atoms with van der Waals surface area (Å²) in [6, 6.07) is 5.89. The molecule has 1 aromatic heterocycles. The second kappa shape index (κ2) is 8.22. The number of carbonyl (C=O) groups excluding carboxylic acids is 1. The number of rotatable bonds is 8. The number of anilines is 1.